The van der Waals surface area contributed by atoms with E-state index in [1.54, 1.807) is 6.07 Å². The van der Waals surface area contributed by atoms with Crippen LogP contribution in [0.15, 0.2) is 12.1 Å². The summed E-state index contributed by atoms with van der Waals surface area (Å²) in [5.74, 6) is -0.0786. The number of rotatable bonds is 0. The van der Waals surface area contributed by atoms with Crippen LogP contribution in [-0.4, -0.2) is 25.2 Å². The van der Waals surface area contributed by atoms with E-state index in [1.807, 2.05) is 13.0 Å². The number of fused-ring (bicyclic) bond motifs is 3. The van der Waals surface area contributed by atoms with Gasteiger partial charge in [-0.25, -0.2) is 4.39 Å². The van der Waals surface area contributed by atoms with E-state index in [4.69, 9.17) is 0 Å². The molecule has 1 aromatic carbocycles. The Morgan fingerprint density at radius 2 is 2.12 bits per heavy atom. The zero-order chi connectivity index (χ0) is 11.3. The highest BCUT2D eigenvalue weighted by Crippen LogP contribution is 2.38. The van der Waals surface area contributed by atoms with Gasteiger partial charge in [-0.3, -0.25) is 0 Å². The van der Waals surface area contributed by atoms with Crippen molar-refractivity contribution in [3.63, 3.8) is 0 Å². The first kappa shape index (κ1) is 12.7. The average Bonchev–Trinajstić information content (AvgIpc) is 2.64. The van der Waals surface area contributed by atoms with Crippen LogP contribution >= 0.6 is 12.4 Å². The van der Waals surface area contributed by atoms with Crippen molar-refractivity contribution in [2.75, 3.05) is 18.0 Å². The van der Waals surface area contributed by atoms with Crippen LogP contribution < -0.4 is 10.2 Å². The van der Waals surface area contributed by atoms with Crippen LogP contribution in [0.25, 0.3) is 0 Å². The van der Waals surface area contributed by atoms with E-state index in [-0.39, 0.29) is 18.2 Å². The molecule has 3 rings (SSSR count). The average molecular weight is 257 g/mol. The molecular formula is C13H18ClFN2. The molecule has 2 nitrogen and oxygen atoms in total. The van der Waals surface area contributed by atoms with Gasteiger partial charge in [0, 0.05) is 36.4 Å². The van der Waals surface area contributed by atoms with Gasteiger partial charge in [-0.15, -0.1) is 12.4 Å². The zero-order valence-corrected chi connectivity index (χ0v) is 11.0. The van der Waals surface area contributed by atoms with Gasteiger partial charge in [-0.1, -0.05) is 6.07 Å². The van der Waals surface area contributed by atoms with E-state index in [9.17, 15) is 4.39 Å². The number of benzene rings is 1. The molecule has 94 valence electrons. The molecule has 0 aromatic heterocycles. The Morgan fingerprint density at radius 1 is 1.35 bits per heavy atom. The van der Waals surface area contributed by atoms with Crippen molar-refractivity contribution in [1.29, 1.82) is 0 Å². The smallest absolute Gasteiger partial charge is 0.128 e. The van der Waals surface area contributed by atoms with Crippen molar-refractivity contribution < 1.29 is 4.39 Å². The Labute approximate surface area is 108 Å². The van der Waals surface area contributed by atoms with Gasteiger partial charge in [0.15, 0.2) is 0 Å². The molecule has 0 bridgehead atoms. The fraction of sp³-hybridized carbons (Fsp3) is 0.538. The SMILES string of the molecule is Cc1c(F)ccc2c1N1[C@@H](CNC[C@H]1C)C2.Cl. The lowest BCUT2D eigenvalue weighted by molar-refractivity contribution is 0.429. The highest BCUT2D eigenvalue weighted by Gasteiger charge is 2.36. The molecule has 4 heteroatoms. The molecule has 1 fully saturated rings. The van der Waals surface area contributed by atoms with E-state index >= 15 is 0 Å². The minimum absolute atomic E-state index is 0. The number of piperazine rings is 1. The van der Waals surface area contributed by atoms with E-state index in [0.717, 1.165) is 30.8 Å². The number of halogens is 2. The fourth-order valence-electron chi connectivity index (χ4n) is 3.10. The molecule has 1 N–H and O–H groups in total. The molecule has 0 unspecified atom stereocenters. The van der Waals surface area contributed by atoms with Gasteiger partial charge in [0.25, 0.3) is 0 Å². The molecule has 0 aliphatic carbocycles. The third-order valence-corrected chi connectivity index (χ3v) is 3.85. The summed E-state index contributed by atoms with van der Waals surface area (Å²) in [6, 6.07) is 4.52. The number of hydrogen-bond donors (Lipinski definition) is 1. The maximum Gasteiger partial charge on any atom is 0.128 e. The van der Waals surface area contributed by atoms with Gasteiger partial charge in [-0.05, 0) is 31.9 Å². The van der Waals surface area contributed by atoms with Crippen LogP contribution in [0.5, 0.6) is 0 Å². The van der Waals surface area contributed by atoms with E-state index in [1.165, 1.54) is 5.56 Å². The predicted octanol–water partition coefficient (Wildman–Crippen LogP) is 2.28. The molecule has 2 atom stereocenters. The van der Waals surface area contributed by atoms with Crippen molar-refractivity contribution >= 4 is 18.1 Å². The Hall–Kier alpha value is -0.800. The lowest BCUT2D eigenvalue weighted by atomic mass is 10.1. The third-order valence-electron chi connectivity index (χ3n) is 3.85. The number of nitrogens with zero attached hydrogens (tertiary/aromatic N) is 1. The lowest BCUT2D eigenvalue weighted by Gasteiger charge is -2.39. The fourth-order valence-corrected chi connectivity index (χ4v) is 3.10. The summed E-state index contributed by atoms with van der Waals surface area (Å²) in [6.45, 7) is 6.11. The lowest BCUT2D eigenvalue weighted by Crippen LogP contribution is -2.55. The largest absolute Gasteiger partial charge is 0.362 e. The first-order valence-electron chi connectivity index (χ1n) is 5.95. The van der Waals surface area contributed by atoms with Crippen LogP contribution in [0, 0.1) is 12.7 Å². The number of nitrogens with one attached hydrogen (secondary N) is 1. The van der Waals surface area contributed by atoms with Gasteiger partial charge < -0.3 is 10.2 Å². The molecule has 1 saturated heterocycles. The predicted molar refractivity (Wildman–Crippen MR) is 70.7 cm³/mol. The monoisotopic (exact) mass is 256 g/mol. The Morgan fingerprint density at radius 3 is 2.88 bits per heavy atom. The van der Waals surface area contributed by atoms with Crippen molar-refractivity contribution in [2.24, 2.45) is 0 Å². The van der Waals surface area contributed by atoms with E-state index in [0.29, 0.717) is 12.1 Å². The molecule has 2 aliphatic rings. The van der Waals surface area contributed by atoms with Crippen molar-refractivity contribution in [3.05, 3.63) is 29.1 Å². The Bertz CT molecular complexity index is 436. The summed E-state index contributed by atoms with van der Waals surface area (Å²) >= 11 is 0. The van der Waals surface area contributed by atoms with Crippen molar-refractivity contribution in [1.82, 2.24) is 5.32 Å². The van der Waals surface area contributed by atoms with Crippen LogP contribution in [0.4, 0.5) is 10.1 Å². The maximum absolute atomic E-state index is 13.6. The van der Waals surface area contributed by atoms with Gasteiger partial charge in [0.05, 0.1) is 0 Å². The standard InChI is InChI=1S/C13H17FN2.ClH/c1-8-6-15-7-11-5-10-3-4-12(14)9(2)13(10)16(8)11;/h3-4,8,11,15H,5-7H2,1-2H3;1H/t8-,11-;/m1./s1. The second-order valence-corrected chi connectivity index (χ2v) is 4.95. The summed E-state index contributed by atoms with van der Waals surface area (Å²) in [5.41, 5.74) is 3.27. The topological polar surface area (TPSA) is 15.3 Å². The molecule has 2 heterocycles. The van der Waals surface area contributed by atoms with Crippen LogP contribution in [0.3, 0.4) is 0 Å². The number of anilines is 1. The van der Waals surface area contributed by atoms with Crippen LogP contribution in [0.2, 0.25) is 0 Å². The van der Waals surface area contributed by atoms with E-state index < -0.39 is 0 Å². The molecular weight excluding hydrogens is 239 g/mol. The molecule has 0 spiro atoms. The Kier molecular flexibility index (Phi) is 3.32. The van der Waals surface area contributed by atoms with E-state index in [2.05, 4.69) is 17.1 Å². The number of hydrogen-bond acceptors (Lipinski definition) is 2. The quantitative estimate of drug-likeness (QED) is 0.766. The summed E-state index contributed by atoms with van der Waals surface area (Å²) in [4.78, 5) is 2.41. The van der Waals surface area contributed by atoms with Gasteiger partial charge in [0.1, 0.15) is 5.82 Å². The second-order valence-electron chi connectivity index (χ2n) is 4.95. The van der Waals surface area contributed by atoms with Crippen LogP contribution in [-0.2, 0) is 6.42 Å². The van der Waals surface area contributed by atoms with Gasteiger partial charge >= 0.3 is 0 Å². The molecule has 1 aromatic rings. The summed E-state index contributed by atoms with van der Waals surface area (Å²) in [5, 5.41) is 3.44. The van der Waals surface area contributed by atoms with Crippen molar-refractivity contribution in [3.8, 4) is 0 Å². The van der Waals surface area contributed by atoms with Gasteiger partial charge in [-0.2, -0.15) is 0 Å². The normalized spacial score (nSPS) is 26.2. The zero-order valence-electron chi connectivity index (χ0n) is 10.2. The molecule has 2 aliphatic heterocycles. The maximum atomic E-state index is 13.6. The minimum atomic E-state index is -0.0786. The third kappa shape index (κ3) is 1.81. The molecule has 0 radical (unpaired) electrons. The van der Waals surface area contributed by atoms with Gasteiger partial charge in [0.2, 0.25) is 0 Å². The first-order chi connectivity index (χ1) is 7.68. The molecule has 0 amide bonds. The highest BCUT2D eigenvalue weighted by atomic mass is 35.5. The first-order valence-corrected chi connectivity index (χ1v) is 5.95. The molecule has 0 saturated carbocycles. The van der Waals surface area contributed by atoms with Crippen molar-refractivity contribution in [2.45, 2.75) is 32.4 Å². The minimum Gasteiger partial charge on any atom is -0.362 e. The Balaban J connectivity index is 0.00000108. The second kappa shape index (κ2) is 4.46. The highest BCUT2D eigenvalue weighted by molar-refractivity contribution is 5.85. The summed E-state index contributed by atoms with van der Waals surface area (Å²) in [6.07, 6.45) is 1.05. The summed E-state index contributed by atoms with van der Waals surface area (Å²) in [7, 11) is 0. The van der Waals surface area contributed by atoms with Crippen LogP contribution in [0.1, 0.15) is 18.1 Å². The molecule has 17 heavy (non-hydrogen) atoms. The summed E-state index contributed by atoms with van der Waals surface area (Å²) < 4.78 is 13.6.